The Morgan fingerprint density at radius 1 is 1.00 bits per heavy atom. The monoisotopic (exact) mass is 330 g/mol. The lowest BCUT2D eigenvalue weighted by molar-refractivity contribution is 1.31. The molecule has 0 amide bonds. The number of benzene rings is 1. The molecule has 0 saturated carbocycles. The molecule has 3 rings (SSSR count). The van der Waals surface area contributed by atoms with Crippen LogP contribution in [0.1, 0.15) is 0 Å². The Bertz CT molecular complexity index is 759. The number of nitrogens with one attached hydrogen (secondary N) is 1. The van der Waals surface area contributed by atoms with Crippen molar-refractivity contribution in [3.63, 3.8) is 0 Å². The SMILES string of the molecule is Clc1cccc(Nc2c(Cl)cc(Cl)c3nsnc23)n1. The van der Waals surface area contributed by atoms with Crippen LogP contribution in [0.3, 0.4) is 0 Å². The molecule has 0 saturated heterocycles. The summed E-state index contributed by atoms with van der Waals surface area (Å²) in [5, 5.41) is 4.40. The summed E-state index contributed by atoms with van der Waals surface area (Å²) in [7, 11) is 0. The number of hydrogen-bond acceptors (Lipinski definition) is 5. The van der Waals surface area contributed by atoms with Gasteiger partial charge in [-0.3, -0.25) is 0 Å². The fraction of sp³-hybridized carbons (Fsp3) is 0. The van der Waals surface area contributed by atoms with Gasteiger partial charge in [0.05, 0.1) is 27.5 Å². The van der Waals surface area contributed by atoms with E-state index in [0.29, 0.717) is 37.7 Å². The zero-order valence-corrected chi connectivity index (χ0v) is 12.3. The van der Waals surface area contributed by atoms with E-state index in [4.69, 9.17) is 34.8 Å². The summed E-state index contributed by atoms with van der Waals surface area (Å²) < 4.78 is 8.33. The highest BCUT2D eigenvalue weighted by atomic mass is 35.5. The van der Waals surface area contributed by atoms with Crippen LogP contribution in [0, 0.1) is 0 Å². The van der Waals surface area contributed by atoms with Crippen molar-refractivity contribution in [1.82, 2.24) is 13.7 Å². The van der Waals surface area contributed by atoms with Gasteiger partial charge in [-0.2, -0.15) is 8.75 Å². The van der Waals surface area contributed by atoms with Crippen LogP contribution >= 0.6 is 46.5 Å². The maximum absolute atomic E-state index is 6.18. The predicted molar refractivity (Wildman–Crippen MR) is 80.0 cm³/mol. The quantitative estimate of drug-likeness (QED) is 0.686. The molecule has 2 heterocycles. The van der Waals surface area contributed by atoms with E-state index in [1.54, 1.807) is 24.3 Å². The number of pyridine rings is 1. The molecule has 0 radical (unpaired) electrons. The number of anilines is 2. The van der Waals surface area contributed by atoms with Crippen LogP contribution in [0.15, 0.2) is 24.3 Å². The third-order valence-electron chi connectivity index (χ3n) is 2.41. The third kappa shape index (κ3) is 2.47. The molecule has 19 heavy (non-hydrogen) atoms. The summed E-state index contributed by atoms with van der Waals surface area (Å²) in [6.45, 7) is 0. The summed E-state index contributed by atoms with van der Waals surface area (Å²) in [6, 6.07) is 6.89. The van der Waals surface area contributed by atoms with Gasteiger partial charge >= 0.3 is 0 Å². The summed E-state index contributed by atoms with van der Waals surface area (Å²) in [5.41, 5.74) is 1.84. The first-order valence-electron chi connectivity index (χ1n) is 5.15. The minimum Gasteiger partial charge on any atom is -0.337 e. The fourth-order valence-corrected chi connectivity index (χ4v) is 2.92. The number of aromatic nitrogens is 3. The van der Waals surface area contributed by atoms with Crippen LogP contribution in [0.4, 0.5) is 11.5 Å². The van der Waals surface area contributed by atoms with E-state index in [9.17, 15) is 0 Å². The van der Waals surface area contributed by atoms with Gasteiger partial charge in [0.15, 0.2) is 0 Å². The zero-order valence-electron chi connectivity index (χ0n) is 9.19. The molecule has 1 aromatic carbocycles. The first-order chi connectivity index (χ1) is 9.15. The van der Waals surface area contributed by atoms with Gasteiger partial charge in [0.2, 0.25) is 0 Å². The largest absolute Gasteiger partial charge is 0.337 e. The Balaban J connectivity index is 2.12. The second kappa shape index (κ2) is 5.09. The molecular weight excluding hydrogens is 327 g/mol. The average molecular weight is 332 g/mol. The van der Waals surface area contributed by atoms with Gasteiger partial charge in [0.25, 0.3) is 0 Å². The normalized spacial score (nSPS) is 10.9. The highest BCUT2D eigenvalue weighted by molar-refractivity contribution is 7.00. The van der Waals surface area contributed by atoms with Gasteiger partial charge < -0.3 is 5.32 Å². The van der Waals surface area contributed by atoms with E-state index in [2.05, 4.69) is 19.0 Å². The standard InChI is InChI=1S/C11H5Cl3N4S/c12-5-4-6(13)10-11(18-19-17-10)9(5)16-8-3-1-2-7(14)15-8/h1-4H,(H,15,16). The molecule has 0 unspecified atom stereocenters. The van der Waals surface area contributed by atoms with Crippen LogP contribution in [-0.4, -0.2) is 13.7 Å². The Labute approximate surface area is 127 Å². The van der Waals surface area contributed by atoms with Crippen molar-refractivity contribution in [2.75, 3.05) is 5.32 Å². The molecule has 0 fully saturated rings. The van der Waals surface area contributed by atoms with Crippen LogP contribution < -0.4 is 5.32 Å². The second-order valence-electron chi connectivity index (χ2n) is 3.65. The molecule has 3 aromatic rings. The molecule has 0 aliphatic carbocycles. The van der Waals surface area contributed by atoms with Crippen molar-refractivity contribution >= 4 is 69.1 Å². The van der Waals surface area contributed by atoms with Gasteiger partial charge in [-0.15, -0.1) is 0 Å². The molecule has 1 N–H and O–H groups in total. The molecule has 96 valence electrons. The van der Waals surface area contributed by atoms with Crippen molar-refractivity contribution in [3.8, 4) is 0 Å². The van der Waals surface area contributed by atoms with Crippen molar-refractivity contribution < 1.29 is 0 Å². The van der Waals surface area contributed by atoms with Gasteiger partial charge in [-0.05, 0) is 18.2 Å². The first kappa shape index (κ1) is 12.9. The molecule has 0 spiro atoms. The Hall–Kier alpha value is -1.14. The summed E-state index contributed by atoms with van der Waals surface area (Å²) in [6.07, 6.45) is 0. The van der Waals surface area contributed by atoms with E-state index in [-0.39, 0.29) is 0 Å². The molecule has 0 aliphatic heterocycles. The highest BCUT2D eigenvalue weighted by Crippen LogP contribution is 2.36. The molecule has 0 aliphatic rings. The molecule has 4 nitrogen and oxygen atoms in total. The Morgan fingerprint density at radius 2 is 1.79 bits per heavy atom. The van der Waals surface area contributed by atoms with E-state index in [0.717, 1.165) is 11.7 Å². The maximum atomic E-state index is 6.18. The first-order valence-corrected chi connectivity index (χ1v) is 7.01. The zero-order chi connectivity index (χ0) is 13.4. The van der Waals surface area contributed by atoms with Gasteiger partial charge in [0.1, 0.15) is 22.0 Å². The lowest BCUT2D eigenvalue weighted by atomic mass is 10.2. The molecule has 0 atom stereocenters. The summed E-state index contributed by atoms with van der Waals surface area (Å²) in [4.78, 5) is 4.14. The molecule has 2 aromatic heterocycles. The average Bonchev–Trinajstić information content (AvgIpc) is 2.84. The number of fused-ring (bicyclic) bond motifs is 1. The Morgan fingerprint density at radius 3 is 2.58 bits per heavy atom. The van der Waals surface area contributed by atoms with Gasteiger partial charge in [-0.25, -0.2) is 4.98 Å². The number of halogens is 3. The van der Waals surface area contributed by atoms with Crippen LogP contribution in [0.5, 0.6) is 0 Å². The van der Waals surface area contributed by atoms with Crippen molar-refractivity contribution in [3.05, 3.63) is 39.5 Å². The molecule has 8 heteroatoms. The van der Waals surface area contributed by atoms with Crippen molar-refractivity contribution in [2.24, 2.45) is 0 Å². The second-order valence-corrected chi connectivity index (χ2v) is 5.38. The summed E-state index contributed by atoms with van der Waals surface area (Å²) >= 11 is 19.2. The minimum atomic E-state index is 0.391. The minimum absolute atomic E-state index is 0.391. The molecular formula is C11H5Cl3N4S. The smallest absolute Gasteiger partial charge is 0.132 e. The van der Waals surface area contributed by atoms with Crippen LogP contribution in [0.2, 0.25) is 15.2 Å². The lowest BCUT2D eigenvalue weighted by Gasteiger charge is -2.08. The van der Waals surface area contributed by atoms with E-state index < -0.39 is 0 Å². The van der Waals surface area contributed by atoms with Gasteiger partial charge in [0, 0.05) is 0 Å². The summed E-state index contributed by atoms with van der Waals surface area (Å²) in [5.74, 6) is 0.575. The molecule has 0 bridgehead atoms. The number of rotatable bonds is 2. The van der Waals surface area contributed by atoms with Crippen LogP contribution in [-0.2, 0) is 0 Å². The third-order valence-corrected chi connectivity index (χ3v) is 3.74. The Kier molecular flexibility index (Phi) is 3.45. The predicted octanol–water partition coefficient (Wildman–Crippen LogP) is 4.79. The van der Waals surface area contributed by atoms with E-state index in [1.807, 2.05) is 0 Å². The number of nitrogens with zero attached hydrogens (tertiary/aromatic N) is 3. The lowest BCUT2D eigenvalue weighted by Crippen LogP contribution is -1.95. The fourth-order valence-electron chi connectivity index (χ4n) is 1.60. The van der Waals surface area contributed by atoms with E-state index in [1.165, 1.54) is 0 Å². The van der Waals surface area contributed by atoms with Gasteiger partial charge in [-0.1, -0.05) is 40.9 Å². The maximum Gasteiger partial charge on any atom is 0.132 e. The van der Waals surface area contributed by atoms with E-state index >= 15 is 0 Å². The van der Waals surface area contributed by atoms with Crippen LogP contribution in [0.25, 0.3) is 11.0 Å². The van der Waals surface area contributed by atoms with Crippen molar-refractivity contribution in [1.29, 1.82) is 0 Å². The number of hydrogen-bond donors (Lipinski definition) is 1. The van der Waals surface area contributed by atoms with Crippen molar-refractivity contribution in [2.45, 2.75) is 0 Å². The highest BCUT2D eigenvalue weighted by Gasteiger charge is 2.14. The topological polar surface area (TPSA) is 50.7 Å².